The van der Waals surface area contributed by atoms with Crippen molar-refractivity contribution < 1.29 is 5.11 Å². The van der Waals surface area contributed by atoms with E-state index in [0.717, 1.165) is 11.1 Å². The zero-order chi connectivity index (χ0) is 18.3. The number of phenolic OH excluding ortho intramolecular Hbond substituents is 1. The molecule has 1 aliphatic heterocycles. The summed E-state index contributed by atoms with van der Waals surface area (Å²) in [7, 11) is 0. The van der Waals surface area contributed by atoms with Gasteiger partial charge in [0.15, 0.2) is 0 Å². The largest absolute Gasteiger partial charge is 0.507 e. The van der Waals surface area contributed by atoms with E-state index in [-0.39, 0.29) is 10.8 Å². The highest BCUT2D eigenvalue weighted by molar-refractivity contribution is 5.48. The summed E-state index contributed by atoms with van der Waals surface area (Å²) < 4.78 is 0. The normalized spacial score (nSPS) is 15.7. The molecule has 1 aromatic rings. The van der Waals surface area contributed by atoms with Crippen LogP contribution in [0.5, 0.6) is 5.75 Å². The molecule has 0 fully saturated rings. The van der Waals surface area contributed by atoms with Crippen molar-refractivity contribution in [3.8, 4) is 5.75 Å². The molecule has 1 aromatic carbocycles. The van der Waals surface area contributed by atoms with Crippen LogP contribution in [0.15, 0.2) is 24.5 Å². The molecule has 1 heterocycles. The molecule has 0 spiro atoms. The summed E-state index contributed by atoms with van der Waals surface area (Å²) in [6.45, 7) is 21.3. The minimum absolute atomic E-state index is 0.0424. The first-order valence-electron chi connectivity index (χ1n) is 8.76. The summed E-state index contributed by atoms with van der Waals surface area (Å²) in [5, 5.41) is 10.9. The maximum absolute atomic E-state index is 10.9. The average Bonchev–Trinajstić information content (AvgIpc) is 2.87. The molecule has 1 aliphatic rings. The number of hydrogen-bond acceptors (Lipinski definition) is 3. The molecule has 0 saturated carbocycles. The maximum Gasteiger partial charge on any atom is 0.208 e. The van der Waals surface area contributed by atoms with Crippen molar-refractivity contribution in [3.05, 3.63) is 47.9 Å². The van der Waals surface area contributed by atoms with E-state index in [2.05, 4.69) is 79.1 Å². The van der Waals surface area contributed by atoms with Gasteiger partial charge >= 0.3 is 0 Å². The number of nitrogens with zero attached hydrogens (tertiary/aromatic N) is 2. The van der Waals surface area contributed by atoms with Crippen LogP contribution >= 0.6 is 0 Å². The fourth-order valence-corrected chi connectivity index (χ4v) is 2.75. The van der Waals surface area contributed by atoms with Crippen molar-refractivity contribution in [2.75, 3.05) is 0 Å². The molecule has 0 saturated heterocycles. The van der Waals surface area contributed by atoms with Gasteiger partial charge in [-0.15, -0.1) is 0 Å². The first-order chi connectivity index (χ1) is 10.9. The van der Waals surface area contributed by atoms with Gasteiger partial charge in [0.2, 0.25) is 6.67 Å². The molecule has 0 aromatic heterocycles. The Labute approximate surface area is 148 Å². The molecular formula is C21H32N2O. The molecule has 0 unspecified atom stereocenters. The SMILES string of the molecule is CC(C)N1[C]N(Cc2cc(C(C)(C)C)cc(C(C)(C)C)c2O)C=C1. The summed E-state index contributed by atoms with van der Waals surface area (Å²) in [6.07, 6.45) is 4.04. The van der Waals surface area contributed by atoms with Crippen molar-refractivity contribution >= 4 is 0 Å². The Kier molecular flexibility index (Phi) is 4.94. The smallest absolute Gasteiger partial charge is 0.208 e. The third kappa shape index (κ3) is 4.06. The Morgan fingerprint density at radius 1 is 1.00 bits per heavy atom. The Morgan fingerprint density at radius 3 is 2.08 bits per heavy atom. The topological polar surface area (TPSA) is 26.7 Å². The highest BCUT2D eigenvalue weighted by Gasteiger charge is 2.26. The van der Waals surface area contributed by atoms with Crippen molar-refractivity contribution in [2.24, 2.45) is 0 Å². The van der Waals surface area contributed by atoms with Gasteiger partial charge in [-0.05, 0) is 41.9 Å². The Bertz CT molecular complexity index is 618. The van der Waals surface area contributed by atoms with Gasteiger partial charge in [-0.3, -0.25) is 0 Å². The van der Waals surface area contributed by atoms with Crippen LogP contribution in [-0.2, 0) is 17.4 Å². The van der Waals surface area contributed by atoms with E-state index in [1.807, 2.05) is 17.3 Å². The van der Waals surface area contributed by atoms with Crippen LogP contribution in [-0.4, -0.2) is 20.9 Å². The number of phenols is 1. The van der Waals surface area contributed by atoms with E-state index in [0.29, 0.717) is 18.3 Å². The Balaban J connectivity index is 2.37. The minimum atomic E-state index is -0.0989. The molecule has 0 aliphatic carbocycles. The van der Waals surface area contributed by atoms with Gasteiger partial charge in [0.25, 0.3) is 0 Å². The van der Waals surface area contributed by atoms with Crippen LogP contribution in [0.25, 0.3) is 0 Å². The molecule has 3 nitrogen and oxygen atoms in total. The molecule has 3 heteroatoms. The lowest BCUT2D eigenvalue weighted by Gasteiger charge is -2.29. The zero-order valence-electron chi connectivity index (χ0n) is 16.4. The number of hydrogen-bond donors (Lipinski definition) is 1. The van der Waals surface area contributed by atoms with Gasteiger partial charge in [-0.1, -0.05) is 47.6 Å². The van der Waals surface area contributed by atoms with Crippen molar-refractivity contribution in [1.82, 2.24) is 9.80 Å². The van der Waals surface area contributed by atoms with Gasteiger partial charge in [0.05, 0.1) is 0 Å². The maximum atomic E-state index is 10.9. The first kappa shape index (κ1) is 18.7. The van der Waals surface area contributed by atoms with E-state index in [4.69, 9.17) is 0 Å². The standard InChI is InChI=1S/C21H32N2O/c1-15(2)23-10-9-22(14-23)13-16-11-17(20(3,4)5)12-18(19(16)24)21(6,7)8/h9-12,15,24H,13H2,1-8H3. The van der Waals surface area contributed by atoms with Gasteiger partial charge in [-0.25, -0.2) is 0 Å². The lowest BCUT2D eigenvalue weighted by Crippen LogP contribution is -2.25. The van der Waals surface area contributed by atoms with Crippen LogP contribution in [0.2, 0.25) is 0 Å². The zero-order valence-corrected chi connectivity index (χ0v) is 16.4. The van der Waals surface area contributed by atoms with E-state index in [9.17, 15) is 5.11 Å². The number of aromatic hydroxyl groups is 1. The summed E-state index contributed by atoms with van der Waals surface area (Å²) >= 11 is 0. The van der Waals surface area contributed by atoms with Gasteiger partial charge in [-0.2, -0.15) is 0 Å². The van der Waals surface area contributed by atoms with E-state index >= 15 is 0 Å². The van der Waals surface area contributed by atoms with Crippen LogP contribution in [0.3, 0.4) is 0 Å². The number of benzene rings is 1. The molecule has 2 rings (SSSR count). The van der Waals surface area contributed by atoms with Crippen LogP contribution in [0.4, 0.5) is 0 Å². The first-order valence-corrected chi connectivity index (χ1v) is 8.76. The molecule has 1 N–H and O–H groups in total. The van der Waals surface area contributed by atoms with Crippen molar-refractivity contribution in [2.45, 2.75) is 78.8 Å². The highest BCUT2D eigenvalue weighted by atomic mass is 16.3. The quantitative estimate of drug-likeness (QED) is 0.847. The monoisotopic (exact) mass is 328 g/mol. The molecule has 0 amide bonds. The van der Waals surface area contributed by atoms with E-state index in [1.165, 1.54) is 5.56 Å². The third-order valence-corrected chi connectivity index (χ3v) is 4.41. The molecule has 2 radical (unpaired) electrons. The van der Waals surface area contributed by atoms with Crippen LogP contribution in [0, 0.1) is 6.67 Å². The summed E-state index contributed by atoms with van der Waals surface area (Å²) in [6, 6.07) is 4.68. The fraction of sp³-hybridized carbons (Fsp3) is 0.571. The van der Waals surface area contributed by atoms with Crippen molar-refractivity contribution in [3.63, 3.8) is 0 Å². The summed E-state index contributed by atoms with van der Waals surface area (Å²) in [5.74, 6) is 0.411. The second-order valence-electron chi connectivity index (χ2n) is 9.06. The summed E-state index contributed by atoms with van der Waals surface area (Å²) in [4.78, 5) is 4.06. The molecule has 0 atom stereocenters. The van der Waals surface area contributed by atoms with E-state index < -0.39 is 0 Å². The second-order valence-corrected chi connectivity index (χ2v) is 9.06. The minimum Gasteiger partial charge on any atom is -0.507 e. The third-order valence-electron chi connectivity index (χ3n) is 4.41. The van der Waals surface area contributed by atoms with Crippen molar-refractivity contribution in [1.29, 1.82) is 0 Å². The van der Waals surface area contributed by atoms with Gasteiger partial charge in [0.1, 0.15) is 5.75 Å². The lowest BCUT2D eigenvalue weighted by atomic mass is 9.79. The second kappa shape index (κ2) is 6.34. The molecule has 24 heavy (non-hydrogen) atoms. The van der Waals surface area contributed by atoms with Gasteiger partial charge in [0, 0.05) is 30.5 Å². The Morgan fingerprint density at radius 2 is 1.62 bits per heavy atom. The van der Waals surface area contributed by atoms with Crippen LogP contribution < -0.4 is 0 Å². The molecule has 132 valence electrons. The summed E-state index contributed by atoms with van der Waals surface area (Å²) in [5.41, 5.74) is 3.16. The van der Waals surface area contributed by atoms with Crippen LogP contribution in [0.1, 0.15) is 72.1 Å². The number of rotatable bonds is 3. The average molecular weight is 328 g/mol. The highest BCUT2D eigenvalue weighted by Crippen LogP contribution is 2.38. The van der Waals surface area contributed by atoms with Gasteiger partial charge < -0.3 is 14.9 Å². The van der Waals surface area contributed by atoms with E-state index in [1.54, 1.807) is 0 Å². The fourth-order valence-electron chi connectivity index (χ4n) is 2.75. The lowest BCUT2D eigenvalue weighted by molar-refractivity contribution is 0.296. The molecular weight excluding hydrogens is 296 g/mol. The molecule has 0 bridgehead atoms. The predicted octanol–water partition coefficient (Wildman–Crippen LogP) is 4.98. The predicted molar refractivity (Wildman–Crippen MR) is 100 cm³/mol. The Hall–Kier alpha value is -1.64.